The topological polar surface area (TPSA) is 67.6 Å². The fourth-order valence-electron chi connectivity index (χ4n) is 2.15. The van der Waals surface area contributed by atoms with Gasteiger partial charge in [0, 0.05) is 32.0 Å². The van der Waals surface area contributed by atoms with Crippen LogP contribution in [0.3, 0.4) is 0 Å². The molecule has 1 heterocycles. The van der Waals surface area contributed by atoms with Crippen molar-refractivity contribution in [2.75, 3.05) is 19.6 Å². The predicted octanol–water partition coefficient (Wildman–Crippen LogP) is 0.690. The number of rotatable bonds is 4. The van der Waals surface area contributed by atoms with E-state index in [0.717, 1.165) is 18.8 Å². The molecule has 2 rings (SSSR count). The predicted molar refractivity (Wildman–Crippen MR) is 67.1 cm³/mol. The largest absolute Gasteiger partial charge is 0.403 e. The van der Waals surface area contributed by atoms with Crippen LogP contribution < -0.4 is 11.5 Å². The van der Waals surface area contributed by atoms with Crippen molar-refractivity contribution in [2.24, 2.45) is 22.4 Å². The number of nitrogens with zero attached hydrogens (tertiary/aromatic N) is 2. The zero-order valence-electron chi connectivity index (χ0n) is 9.81. The molecule has 0 aromatic rings. The maximum atomic E-state index is 5.57. The summed E-state index contributed by atoms with van der Waals surface area (Å²) < 4.78 is 0. The molecule has 16 heavy (non-hydrogen) atoms. The van der Waals surface area contributed by atoms with Gasteiger partial charge < -0.3 is 16.4 Å². The maximum Gasteiger partial charge on any atom is 0.0653 e. The first-order chi connectivity index (χ1) is 7.78. The van der Waals surface area contributed by atoms with Crippen molar-refractivity contribution < 1.29 is 0 Å². The average molecular weight is 222 g/mol. The molecule has 1 aliphatic carbocycles. The van der Waals surface area contributed by atoms with E-state index in [9.17, 15) is 0 Å². The minimum absolute atomic E-state index is 0.439. The monoisotopic (exact) mass is 222 g/mol. The van der Waals surface area contributed by atoms with Gasteiger partial charge in [0.2, 0.25) is 0 Å². The van der Waals surface area contributed by atoms with Gasteiger partial charge in [-0.05, 0) is 31.6 Å². The molecule has 2 aliphatic rings. The molecule has 4 heteroatoms. The first-order valence-corrected chi connectivity index (χ1v) is 6.21. The second-order valence-corrected chi connectivity index (χ2v) is 4.92. The molecule has 1 saturated heterocycles. The summed E-state index contributed by atoms with van der Waals surface area (Å²) in [6.45, 7) is 3.68. The van der Waals surface area contributed by atoms with Crippen LogP contribution in [0.25, 0.3) is 0 Å². The maximum absolute atomic E-state index is 5.57. The van der Waals surface area contributed by atoms with Crippen LogP contribution in [0.15, 0.2) is 16.9 Å². The molecular formula is C12H22N4. The van der Waals surface area contributed by atoms with Gasteiger partial charge >= 0.3 is 0 Å². The van der Waals surface area contributed by atoms with Gasteiger partial charge in [-0.2, -0.15) is 0 Å². The summed E-state index contributed by atoms with van der Waals surface area (Å²) in [5.41, 5.74) is 11.4. The van der Waals surface area contributed by atoms with Crippen LogP contribution in [0.5, 0.6) is 0 Å². The van der Waals surface area contributed by atoms with Crippen LogP contribution in [-0.4, -0.2) is 36.8 Å². The third kappa shape index (κ3) is 3.52. The molecule has 0 aromatic heterocycles. The van der Waals surface area contributed by atoms with Crippen LogP contribution in [0.1, 0.15) is 25.7 Å². The Hall–Kier alpha value is -1.03. The number of allylic oxidation sites excluding steroid dienone is 1. The van der Waals surface area contributed by atoms with E-state index in [1.807, 2.05) is 0 Å². The van der Waals surface area contributed by atoms with E-state index in [0.29, 0.717) is 11.7 Å². The number of piperidine rings is 1. The summed E-state index contributed by atoms with van der Waals surface area (Å²) in [7, 11) is 0. The van der Waals surface area contributed by atoms with Crippen molar-refractivity contribution in [1.29, 1.82) is 0 Å². The fraction of sp³-hybridized carbons (Fsp3) is 0.750. The van der Waals surface area contributed by atoms with E-state index in [2.05, 4.69) is 9.89 Å². The Kier molecular flexibility index (Phi) is 3.83. The highest BCUT2D eigenvalue weighted by molar-refractivity contribution is 5.77. The Bertz CT molecular complexity index is 273. The van der Waals surface area contributed by atoms with Crippen molar-refractivity contribution in [1.82, 2.24) is 4.90 Å². The molecule has 1 saturated carbocycles. The lowest BCUT2D eigenvalue weighted by Crippen LogP contribution is -2.36. The Labute approximate surface area is 97.4 Å². The summed E-state index contributed by atoms with van der Waals surface area (Å²) in [5, 5.41) is 0. The normalized spacial score (nSPS) is 25.4. The lowest BCUT2D eigenvalue weighted by Gasteiger charge is -2.30. The van der Waals surface area contributed by atoms with Crippen molar-refractivity contribution in [3.05, 3.63) is 11.9 Å². The number of nitrogens with two attached hydrogens (primary N) is 2. The summed E-state index contributed by atoms with van der Waals surface area (Å²) >= 11 is 0. The Morgan fingerprint density at radius 3 is 2.50 bits per heavy atom. The van der Waals surface area contributed by atoms with E-state index in [-0.39, 0.29) is 0 Å². The molecule has 90 valence electrons. The Morgan fingerprint density at radius 1 is 1.25 bits per heavy atom. The molecule has 0 bridgehead atoms. The van der Waals surface area contributed by atoms with Crippen LogP contribution in [-0.2, 0) is 0 Å². The van der Waals surface area contributed by atoms with E-state index >= 15 is 0 Å². The third-order valence-corrected chi connectivity index (χ3v) is 3.40. The third-order valence-electron chi connectivity index (χ3n) is 3.40. The second kappa shape index (κ2) is 5.34. The summed E-state index contributed by atoms with van der Waals surface area (Å²) in [6.07, 6.45) is 8.28. The highest BCUT2D eigenvalue weighted by Gasteiger charge is 2.26. The van der Waals surface area contributed by atoms with Crippen molar-refractivity contribution in [3.63, 3.8) is 0 Å². The first-order valence-electron chi connectivity index (χ1n) is 6.21. The highest BCUT2D eigenvalue weighted by Crippen LogP contribution is 2.30. The Morgan fingerprint density at radius 2 is 1.94 bits per heavy atom. The van der Waals surface area contributed by atoms with Gasteiger partial charge in [0.05, 0.1) is 11.7 Å². The van der Waals surface area contributed by atoms with Gasteiger partial charge in [0.25, 0.3) is 0 Å². The van der Waals surface area contributed by atoms with Crippen LogP contribution in [0.4, 0.5) is 0 Å². The molecule has 1 aliphatic heterocycles. The van der Waals surface area contributed by atoms with Crippen LogP contribution in [0.2, 0.25) is 0 Å². The molecule has 0 atom stereocenters. The molecular weight excluding hydrogens is 200 g/mol. The second-order valence-electron chi connectivity index (χ2n) is 4.92. The Balaban J connectivity index is 1.69. The summed E-state index contributed by atoms with van der Waals surface area (Å²) in [6, 6.07) is 0.439. The van der Waals surface area contributed by atoms with Gasteiger partial charge in [0.1, 0.15) is 0 Å². The van der Waals surface area contributed by atoms with Gasteiger partial charge in [-0.25, -0.2) is 0 Å². The molecule has 4 N–H and O–H groups in total. The molecule has 0 amide bonds. The van der Waals surface area contributed by atoms with Gasteiger partial charge in [-0.15, -0.1) is 0 Å². The minimum Gasteiger partial charge on any atom is -0.403 e. The summed E-state index contributed by atoms with van der Waals surface area (Å²) in [4.78, 5) is 7.03. The zero-order chi connectivity index (χ0) is 11.4. The molecule has 0 spiro atoms. The number of aliphatic imine (C=N–C) groups is 1. The van der Waals surface area contributed by atoms with Gasteiger partial charge in [-0.3, -0.25) is 4.99 Å². The summed E-state index contributed by atoms with van der Waals surface area (Å²) in [5.74, 6) is 0.996. The van der Waals surface area contributed by atoms with Crippen molar-refractivity contribution >= 4 is 6.21 Å². The quantitative estimate of drug-likeness (QED) is 0.688. The van der Waals surface area contributed by atoms with E-state index in [1.54, 1.807) is 6.21 Å². The SMILES string of the molecule is NC=C(N)C=NC1CCN(CC2CC2)CC1. The lowest BCUT2D eigenvalue weighted by molar-refractivity contribution is 0.206. The molecule has 4 nitrogen and oxygen atoms in total. The minimum atomic E-state index is 0.439. The zero-order valence-corrected chi connectivity index (χ0v) is 9.81. The van der Waals surface area contributed by atoms with Crippen LogP contribution >= 0.6 is 0 Å². The van der Waals surface area contributed by atoms with E-state index in [4.69, 9.17) is 11.5 Å². The highest BCUT2D eigenvalue weighted by atomic mass is 15.1. The van der Waals surface area contributed by atoms with Crippen molar-refractivity contribution in [3.8, 4) is 0 Å². The standard InChI is InChI=1S/C12H22N4/c13-7-11(14)8-15-12-3-5-16(6-4-12)9-10-1-2-10/h7-8,10,12H,1-6,9,13-14H2. The van der Waals surface area contributed by atoms with Crippen LogP contribution in [0, 0.1) is 5.92 Å². The number of hydrogen-bond donors (Lipinski definition) is 2. The number of likely N-dealkylation sites (tertiary alicyclic amines) is 1. The molecule has 2 fully saturated rings. The van der Waals surface area contributed by atoms with Gasteiger partial charge in [-0.1, -0.05) is 0 Å². The molecule has 0 radical (unpaired) electrons. The fourth-order valence-corrected chi connectivity index (χ4v) is 2.15. The first kappa shape index (κ1) is 11.5. The molecule has 0 unspecified atom stereocenters. The molecule has 0 aromatic carbocycles. The smallest absolute Gasteiger partial charge is 0.0653 e. The van der Waals surface area contributed by atoms with Crippen molar-refractivity contribution in [2.45, 2.75) is 31.7 Å². The number of hydrogen-bond acceptors (Lipinski definition) is 4. The van der Waals surface area contributed by atoms with E-state index in [1.165, 1.54) is 38.7 Å². The average Bonchev–Trinajstić information content (AvgIpc) is 3.11. The van der Waals surface area contributed by atoms with Gasteiger partial charge in [0.15, 0.2) is 0 Å². The lowest BCUT2D eigenvalue weighted by atomic mass is 10.1. The van der Waals surface area contributed by atoms with E-state index < -0.39 is 0 Å².